The maximum absolute atomic E-state index is 12.2. The zero-order valence-corrected chi connectivity index (χ0v) is 11.1. The van der Waals surface area contributed by atoms with E-state index in [1.807, 2.05) is 12.1 Å². The van der Waals surface area contributed by atoms with Gasteiger partial charge in [-0.15, -0.1) is 0 Å². The predicted octanol–water partition coefficient (Wildman–Crippen LogP) is 1.93. The van der Waals surface area contributed by atoms with Gasteiger partial charge < -0.3 is 14.8 Å². The summed E-state index contributed by atoms with van der Waals surface area (Å²) in [6, 6.07) is 8.90. The molecule has 6 nitrogen and oxygen atoms in total. The summed E-state index contributed by atoms with van der Waals surface area (Å²) in [7, 11) is 1.56. The lowest BCUT2D eigenvalue weighted by Crippen LogP contribution is -2.16. The van der Waals surface area contributed by atoms with Gasteiger partial charge in [0.25, 0.3) is 5.91 Å². The molecule has 3 rings (SSSR count). The van der Waals surface area contributed by atoms with Crippen molar-refractivity contribution in [2.75, 3.05) is 19.0 Å². The fourth-order valence-electron chi connectivity index (χ4n) is 2.11. The van der Waals surface area contributed by atoms with Crippen LogP contribution in [0, 0.1) is 0 Å². The Labute approximate surface area is 116 Å². The third-order valence-corrected chi connectivity index (χ3v) is 3.10. The highest BCUT2D eigenvalue weighted by Gasteiger charge is 2.18. The Morgan fingerprint density at radius 1 is 1.45 bits per heavy atom. The van der Waals surface area contributed by atoms with Crippen LogP contribution >= 0.6 is 0 Å². The van der Waals surface area contributed by atoms with Crippen LogP contribution in [0.3, 0.4) is 0 Å². The number of hydrogen-bond donors (Lipinski definition) is 1. The first-order valence-electron chi connectivity index (χ1n) is 6.43. The van der Waals surface area contributed by atoms with E-state index in [4.69, 9.17) is 9.47 Å². The smallest absolute Gasteiger partial charge is 0.276 e. The maximum Gasteiger partial charge on any atom is 0.276 e. The number of nitrogens with one attached hydrogen (secondary N) is 1. The van der Waals surface area contributed by atoms with Crippen LogP contribution < -0.4 is 14.8 Å². The van der Waals surface area contributed by atoms with Crippen molar-refractivity contribution in [1.82, 2.24) is 9.78 Å². The van der Waals surface area contributed by atoms with Crippen molar-refractivity contribution in [2.24, 2.45) is 0 Å². The molecule has 1 aliphatic heterocycles. The molecule has 1 amide bonds. The van der Waals surface area contributed by atoms with Gasteiger partial charge in [0.15, 0.2) is 5.69 Å². The molecule has 20 heavy (non-hydrogen) atoms. The summed E-state index contributed by atoms with van der Waals surface area (Å²) in [5, 5.41) is 7.03. The highest BCUT2D eigenvalue weighted by Crippen LogP contribution is 2.24. The van der Waals surface area contributed by atoms with E-state index in [1.165, 1.54) is 0 Å². The standard InChI is InChI=1S/C14H15N3O3/c1-19-12-6-3-2-5-10(12)15-14(18)11-9-13-17(16-11)7-4-8-20-13/h2-3,5-6,9H,4,7-8H2,1H3,(H,15,18). The predicted molar refractivity (Wildman–Crippen MR) is 73.3 cm³/mol. The van der Waals surface area contributed by atoms with Crippen LogP contribution in [0.5, 0.6) is 11.6 Å². The lowest BCUT2D eigenvalue weighted by atomic mass is 10.3. The van der Waals surface area contributed by atoms with Crippen LogP contribution in [0.4, 0.5) is 5.69 Å². The average molecular weight is 273 g/mol. The molecule has 2 aromatic rings. The molecule has 1 aromatic carbocycles. The molecule has 0 bridgehead atoms. The number of methoxy groups -OCH3 is 1. The molecule has 0 saturated carbocycles. The lowest BCUT2D eigenvalue weighted by Gasteiger charge is -2.13. The Kier molecular flexibility index (Phi) is 3.28. The molecule has 0 atom stereocenters. The van der Waals surface area contributed by atoms with E-state index < -0.39 is 0 Å². The Morgan fingerprint density at radius 2 is 2.30 bits per heavy atom. The van der Waals surface area contributed by atoms with Crippen molar-refractivity contribution in [1.29, 1.82) is 0 Å². The van der Waals surface area contributed by atoms with E-state index in [9.17, 15) is 4.79 Å². The summed E-state index contributed by atoms with van der Waals surface area (Å²) < 4.78 is 12.4. The van der Waals surface area contributed by atoms with Gasteiger partial charge in [0, 0.05) is 19.0 Å². The Balaban J connectivity index is 1.81. The fourth-order valence-corrected chi connectivity index (χ4v) is 2.11. The van der Waals surface area contributed by atoms with Crippen LogP contribution in [-0.4, -0.2) is 29.4 Å². The normalized spacial score (nSPS) is 13.2. The first-order valence-corrected chi connectivity index (χ1v) is 6.43. The second-order valence-corrected chi connectivity index (χ2v) is 4.45. The SMILES string of the molecule is COc1ccccc1NC(=O)c1cc2n(n1)CCCO2. The van der Waals surface area contributed by atoms with Crippen molar-refractivity contribution in [3.05, 3.63) is 36.0 Å². The second-order valence-electron chi connectivity index (χ2n) is 4.45. The van der Waals surface area contributed by atoms with Crippen LogP contribution in [0.25, 0.3) is 0 Å². The third kappa shape index (κ3) is 2.32. The number of aromatic nitrogens is 2. The number of rotatable bonds is 3. The van der Waals surface area contributed by atoms with E-state index in [2.05, 4.69) is 10.4 Å². The molecule has 0 spiro atoms. The zero-order valence-electron chi connectivity index (χ0n) is 11.1. The molecular weight excluding hydrogens is 258 g/mol. The average Bonchev–Trinajstić information content (AvgIpc) is 2.92. The zero-order chi connectivity index (χ0) is 13.9. The Morgan fingerprint density at radius 3 is 3.10 bits per heavy atom. The van der Waals surface area contributed by atoms with Crippen LogP contribution in [0.1, 0.15) is 16.9 Å². The first-order chi connectivity index (χ1) is 9.78. The number of carbonyl (C=O) groups excluding carboxylic acids is 1. The lowest BCUT2D eigenvalue weighted by molar-refractivity contribution is 0.102. The molecular formula is C14H15N3O3. The van der Waals surface area contributed by atoms with Crippen molar-refractivity contribution in [2.45, 2.75) is 13.0 Å². The number of ether oxygens (including phenoxy) is 2. The third-order valence-electron chi connectivity index (χ3n) is 3.10. The molecule has 0 unspecified atom stereocenters. The van der Waals surface area contributed by atoms with Crippen LogP contribution in [0.2, 0.25) is 0 Å². The molecule has 1 N–H and O–H groups in total. The fraction of sp³-hybridized carbons (Fsp3) is 0.286. The number of nitrogens with zero attached hydrogens (tertiary/aromatic N) is 2. The monoisotopic (exact) mass is 273 g/mol. The highest BCUT2D eigenvalue weighted by atomic mass is 16.5. The molecule has 0 aliphatic carbocycles. The van der Waals surface area contributed by atoms with Crippen LogP contribution in [-0.2, 0) is 6.54 Å². The minimum Gasteiger partial charge on any atom is -0.495 e. The van der Waals surface area contributed by atoms with Gasteiger partial charge in [0.05, 0.1) is 19.4 Å². The number of fused-ring (bicyclic) bond motifs is 1. The summed E-state index contributed by atoms with van der Waals surface area (Å²) in [6.07, 6.45) is 0.905. The largest absolute Gasteiger partial charge is 0.495 e. The van der Waals surface area contributed by atoms with Crippen molar-refractivity contribution < 1.29 is 14.3 Å². The summed E-state index contributed by atoms with van der Waals surface area (Å²) in [5.74, 6) is 0.975. The van der Waals surface area contributed by atoms with E-state index >= 15 is 0 Å². The minimum absolute atomic E-state index is 0.278. The molecule has 0 fully saturated rings. The minimum atomic E-state index is -0.278. The number of benzene rings is 1. The van der Waals surface area contributed by atoms with E-state index in [0.717, 1.165) is 13.0 Å². The topological polar surface area (TPSA) is 65.4 Å². The molecule has 1 aliphatic rings. The summed E-state index contributed by atoms with van der Waals surface area (Å²) in [4.78, 5) is 12.2. The summed E-state index contributed by atoms with van der Waals surface area (Å²) >= 11 is 0. The molecule has 1 aromatic heterocycles. The Bertz CT molecular complexity index is 613. The number of aryl methyl sites for hydroxylation is 1. The number of anilines is 1. The number of para-hydroxylation sites is 2. The highest BCUT2D eigenvalue weighted by molar-refractivity contribution is 6.03. The quantitative estimate of drug-likeness (QED) is 0.928. The van der Waals surface area contributed by atoms with E-state index in [0.29, 0.717) is 29.6 Å². The molecule has 104 valence electrons. The molecule has 0 saturated heterocycles. The van der Waals surface area contributed by atoms with Gasteiger partial charge in [0.2, 0.25) is 5.88 Å². The van der Waals surface area contributed by atoms with Gasteiger partial charge in [-0.05, 0) is 12.1 Å². The first kappa shape index (κ1) is 12.5. The van der Waals surface area contributed by atoms with Crippen molar-refractivity contribution in [3.8, 4) is 11.6 Å². The molecule has 6 heteroatoms. The van der Waals surface area contributed by atoms with Gasteiger partial charge in [-0.25, -0.2) is 4.68 Å². The molecule has 2 heterocycles. The summed E-state index contributed by atoms with van der Waals surface area (Å²) in [5.41, 5.74) is 0.958. The van der Waals surface area contributed by atoms with Crippen LogP contribution in [0.15, 0.2) is 30.3 Å². The number of hydrogen-bond acceptors (Lipinski definition) is 4. The summed E-state index contributed by atoms with van der Waals surface area (Å²) in [6.45, 7) is 1.44. The van der Waals surface area contributed by atoms with Crippen molar-refractivity contribution >= 4 is 11.6 Å². The van der Waals surface area contributed by atoms with Gasteiger partial charge in [0.1, 0.15) is 5.75 Å². The van der Waals surface area contributed by atoms with Gasteiger partial charge in [-0.2, -0.15) is 5.10 Å². The Hall–Kier alpha value is -2.50. The second kappa shape index (κ2) is 5.24. The molecule has 0 radical (unpaired) electrons. The number of amides is 1. The van der Waals surface area contributed by atoms with Gasteiger partial charge >= 0.3 is 0 Å². The van der Waals surface area contributed by atoms with Crippen molar-refractivity contribution in [3.63, 3.8) is 0 Å². The van der Waals surface area contributed by atoms with E-state index in [1.54, 1.807) is 30.0 Å². The number of carbonyl (C=O) groups is 1. The van der Waals surface area contributed by atoms with E-state index in [-0.39, 0.29) is 5.91 Å². The van der Waals surface area contributed by atoms with Gasteiger partial charge in [-0.1, -0.05) is 12.1 Å². The maximum atomic E-state index is 12.2. The van der Waals surface area contributed by atoms with Gasteiger partial charge in [-0.3, -0.25) is 4.79 Å².